The Bertz CT molecular complexity index is 1190. The van der Waals surface area contributed by atoms with Crippen LogP contribution in [0.25, 0.3) is 11.0 Å². The van der Waals surface area contributed by atoms with E-state index in [0.717, 1.165) is 11.0 Å². The molecule has 0 radical (unpaired) electrons. The van der Waals surface area contributed by atoms with E-state index in [-0.39, 0.29) is 12.5 Å². The molecule has 0 bridgehead atoms. The smallest absolute Gasteiger partial charge is 0.321 e. The molecule has 2 atom stereocenters. The third-order valence-corrected chi connectivity index (χ3v) is 5.97. The van der Waals surface area contributed by atoms with Crippen molar-refractivity contribution in [3.63, 3.8) is 0 Å². The zero-order valence-corrected chi connectivity index (χ0v) is 19.8. The summed E-state index contributed by atoms with van der Waals surface area (Å²) in [4.78, 5) is 33.5. The number of imidazole rings is 1. The highest BCUT2D eigenvalue weighted by Crippen LogP contribution is 2.44. The molecule has 180 valence electrons. The summed E-state index contributed by atoms with van der Waals surface area (Å²) in [6, 6.07) is 12.3. The second-order valence-electron chi connectivity index (χ2n) is 7.89. The van der Waals surface area contributed by atoms with E-state index in [1.54, 1.807) is 45.3 Å². The van der Waals surface area contributed by atoms with Gasteiger partial charge >= 0.3 is 5.97 Å². The number of fused-ring (bicyclic) bond motifs is 3. The Morgan fingerprint density at radius 1 is 1.09 bits per heavy atom. The summed E-state index contributed by atoms with van der Waals surface area (Å²) in [5, 5.41) is 0. The van der Waals surface area contributed by atoms with Crippen LogP contribution in [0.5, 0.6) is 11.5 Å². The summed E-state index contributed by atoms with van der Waals surface area (Å²) in [7, 11) is 4.73. The maximum absolute atomic E-state index is 13.8. The van der Waals surface area contributed by atoms with Gasteiger partial charge in [-0.25, -0.2) is 4.98 Å². The fraction of sp³-hybridized carbons (Fsp3) is 0.400. The normalized spacial score (nSPS) is 17.5. The largest absolute Gasteiger partial charge is 0.497 e. The monoisotopic (exact) mass is 467 g/mol. The number of para-hydroxylation sites is 2. The van der Waals surface area contributed by atoms with Crippen molar-refractivity contribution in [3.8, 4) is 11.5 Å². The summed E-state index contributed by atoms with van der Waals surface area (Å²) in [5.74, 6) is -0.480. The molecule has 34 heavy (non-hydrogen) atoms. The number of hydrogen-bond donors (Lipinski definition) is 0. The van der Waals surface area contributed by atoms with Crippen LogP contribution in [-0.2, 0) is 19.1 Å². The third kappa shape index (κ3) is 4.07. The molecule has 0 N–H and O–H groups in total. The molecule has 0 unspecified atom stereocenters. The number of anilines is 1. The highest BCUT2D eigenvalue weighted by molar-refractivity contribution is 6.08. The molecule has 1 aliphatic rings. The van der Waals surface area contributed by atoms with E-state index >= 15 is 0 Å². The first kappa shape index (κ1) is 23.6. The van der Waals surface area contributed by atoms with Gasteiger partial charge in [-0.1, -0.05) is 12.1 Å². The van der Waals surface area contributed by atoms with Crippen molar-refractivity contribution in [1.82, 2.24) is 9.55 Å². The SMILES string of the molecule is CCOC(=O)[C@H]1C(=O)N(CCCOC)c2nc3ccccc3n2[C@@H]1c1ccc(OC)cc1OC. The van der Waals surface area contributed by atoms with Crippen molar-refractivity contribution in [2.45, 2.75) is 19.4 Å². The molecule has 9 nitrogen and oxygen atoms in total. The predicted molar refractivity (Wildman–Crippen MR) is 126 cm³/mol. The van der Waals surface area contributed by atoms with Crippen molar-refractivity contribution in [2.75, 3.05) is 46.0 Å². The molecule has 1 amide bonds. The molecule has 2 heterocycles. The first-order chi connectivity index (χ1) is 16.5. The zero-order valence-electron chi connectivity index (χ0n) is 19.8. The van der Waals surface area contributed by atoms with Crippen LogP contribution in [0.15, 0.2) is 42.5 Å². The van der Waals surface area contributed by atoms with Crippen LogP contribution in [0.1, 0.15) is 24.9 Å². The maximum Gasteiger partial charge on any atom is 0.321 e. The van der Waals surface area contributed by atoms with Crippen LogP contribution >= 0.6 is 0 Å². The lowest BCUT2D eigenvalue weighted by Crippen LogP contribution is -2.50. The molecule has 0 saturated carbocycles. The number of esters is 1. The molecule has 0 saturated heterocycles. The fourth-order valence-corrected chi connectivity index (χ4v) is 4.47. The molecule has 3 aromatic rings. The van der Waals surface area contributed by atoms with E-state index in [9.17, 15) is 9.59 Å². The molecule has 2 aromatic carbocycles. The summed E-state index contributed by atoms with van der Waals surface area (Å²) in [6.45, 7) is 2.72. The van der Waals surface area contributed by atoms with Crippen molar-refractivity contribution in [2.24, 2.45) is 5.92 Å². The molecule has 0 spiro atoms. The van der Waals surface area contributed by atoms with Gasteiger partial charge in [-0.2, -0.15) is 0 Å². The van der Waals surface area contributed by atoms with Gasteiger partial charge in [-0.3, -0.25) is 14.5 Å². The van der Waals surface area contributed by atoms with Crippen LogP contribution in [0.2, 0.25) is 0 Å². The average molecular weight is 468 g/mol. The highest BCUT2D eigenvalue weighted by atomic mass is 16.5. The molecule has 9 heteroatoms. The van der Waals surface area contributed by atoms with Crippen LogP contribution in [0.4, 0.5) is 5.95 Å². The maximum atomic E-state index is 13.8. The molecule has 0 aliphatic carbocycles. The van der Waals surface area contributed by atoms with E-state index in [1.807, 2.05) is 34.9 Å². The standard InChI is InChI=1S/C25H29N3O6/c1-5-34-24(30)21-22(17-12-11-16(32-3)15-20(17)33-4)28-19-10-7-6-9-18(19)26-25(28)27(23(21)29)13-8-14-31-2/h6-7,9-12,15,21-22H,5,8,13-14H2,1-4H3/t21-,22-/m1/s1. The van der Waals surface area contributed by atoms with Gasteiger partial charge in [0.2, 0.25) is 11.9 Å². The fourth-order valence-electron chi connectivity index (χ4n) is 4.47. The number of nitrogens with zero attached hydrogens (tertiary/aromatic N) is 3. The molecule has 1 aromatic heterocycles. The van der Waals surface area contributed by atoms with E-state index in [0.29, 0.717) is 42.6 Å². The van der Waals surface area contributed by atoms with E-state index in [2.05, 4.69) is 0 Å². The summed E-state index contributed by atoms with van der Waals surface area (Å²) >= 11 is 0. The zero-order chi connectivity index (χ0) is 24.2. The second-order valence-corrected chi connectivity index (χ2v) is 7.89. The van der Waals surface area contributed by atoms with E-state index < -0.39 is 17.9 Å². The highest BCUT2D eigenvalue weighted by Gasteiger charge is 2.48. The Kier molecular flexibility index (Phi) is 7.02. The lowest BCUT2D eigenvalue weighted by molar-refractivity contribution is -0.153. The number of rotatable bonds is 9. The number of amides is 1. The lowest BCUT2D eigenvalue weighted by Gasteiger charge is -2.38. The Labute approximate surface area is 198 Å². The minimum Gasteiger partial charge on any atom is -0.497 e. The topological polar surface area (TPSA) is 92.1 Å². The number of aromatic nitrogens is 2. The van der Waals surface area contributed by atoms with Crippen molar-refractivity contribution in [3.05, 3.63) is 48.0 Å². The van der Waals surface area contributed by atoms with Gasteiger partial charge in [0.1, 0.15) is 11.5 Å². The summed E-state index contributed by atoms with van der Waals surface area (Å²) in [6.07, 6.45) is 0.595. The van der Waals surface area contributed by atoms with Crippen molar-refractivity contribution < 1.29 is 28.5 Å². The van der Waals surface area contributed by atoms with Gasteiger partial charge in [-0.15, -0.1) is 0 Å². The number of benzene rings is 2. The molecular weight excluding hydrogens is 438 g/mol. The number of ether oxygens (including phenoxy) is 4. The Hall–Kier alpha value is -3.59. The summed E-state index contributed by atoms with van der Waals surface area (Å²) < 4.78 is 23.5. The predicted octanol–water partition coefficient (Wildman–Crippen LogP) is 3.21. The van der Waals surface area contributed by atoms with Crippen molar-refractivity contribution >= 4 is 28.9 Å². The minimum atomic E-state index is -1.12. The lowest BCUT2D eigenvalue weighted by atomic mass is 9.88. The first-order valence-corrected chi connectivity index (χ1v) is 11.2. The quantitative estimate of drug-likeness (QED) is 0.271. The second kappa shape index (κ2) is 10.1. The average Bonchev–Trinajstić information content (AvgIpc) is 3.24. The number of carbonyl (C=O) groups excluding carboxylic acids is 2. The van der Waals surface area contributed by atoms with Crippen LogP contribution in [0.3, 0.4) is 0 Å². The number of carbonyl (C=O) groups is 2. The van der Waals surface area contributed by atoms with Gasteiger partial charge in [0.25, 0.3) is 0 Å². The van der Waals surface area contributed by atoms with Gasteiger partial charge in [0, 0.05) is 31.9 Å². The number of methoxy groups -OCH3 is 3. The van der Waals surface area contributed by atoms with Gasteiger partial charge < -0.3 is 23.5 Å². The third-order valence-electron chi connectivity index (χ3n) is 5.97. The Morgan fingerprint density at radius 3 is 2.59 bits per heavy atom. The van der Waals surface area contributed by atoms with Crippen LogP contribution in [-0.4, -0.2) is 62.5 Å². The Balaban J connectivity index is 1.98. The van der Waals surface area contributed by atoms with E-state index in [4.69, 9.17) is 23.9 Å². The van der Waals surface area contributed by atoms with E-state index in [1.165, 1.54) is 0 Å². The van der Waals surface area contributed by atoms with Gasteiger partial charge in [0.05, 0.1) is 37.9 Å². The molecule has 0 fully saturated rings. The molecule has 4 rings (SSSR count). The van der Waals surface area contributed by atoms with Crippen LogP contribution in [0, 0.1) is 5.92 Å². The number of hydrogen-bond acceptors (Lipinski definition) is 7. The van der Waals surface area contributed by atoms with Gasteiger partial charge in [0.15, 0.2) is 5.92 Å². The minimum absolute atomic E-state index is 0.163. The molecular formula is C25H29N3O6. The van der Waals surface area contributed by atoms with Crippen molar-refractivity contribution in [1.29, 1.82) is 0 Å². The van der Waals surface area contributed by atoms with Gasteiger partial charge in [-0.05, 0) is 37.6 Å². The summed E-state index contributed by atoms with van der Waals surface area (Å²) in [5.41, 5.74) is 2.19. The first-order valence-electron chi connectivity index (χ1n) is 11.2. The Morgan fingerprint density at radius 2 is 1.88 bits per heavy atom. The molecule has 1 aliphatic heterocycles. The van der Waals surface area contributed by atoms with Crippen LogP contribution < -0.4 is 14.4 Å².